The van der Waals surface area contributed by atoms with E-state index in [9.17, 15) is 4.79 Å². The first-order valence-corrected chi connectivity index (χ1v) is 6.20. The molecule has 0 amide bonds. The second-order valence-corrected chi connectivity index (χ2v) is 6.59. The average Bonchev–Trinajstić information content (AvgIpc) is 2.66. The Bertz CT molecular complexity index is 366. The average molecular weight is 239 g/mol. The van der Waals surface area contributed by atoms with Crippen molar-refractivity contribution in [2.45, 2.75) is 32.9 Å². The van der Waals surface area contributed by atoms with Crippen LogP contribution in [0.25, 0.3) is 0 Å². The topological polar surface area (TPSA) is 61.1 Å². The highest BCUT2D eigenvalue weighted by Crippen LogP contribution is 2.59. The molecule has 16 heavy (non-hydrogen) atoms. The van der Waals surface area contributed by atoms with Crippen LogP contribution in [0.3, 0.4) is 0 Å². The van der Waals surface area contributed by atoms with Gasteiger partial charge in [-0.2, -0.15) is 5.26 Å². The lowest BCUT2D eigenvalue weighted by atomic mass is 10.1. The zero-order valence-electron chi connectivity index (χ0n) is 10.0. The Morgan fingerprint density at radius 2 is 2.12 bits per heavy atom. The smallest absolute Gasteiger partial charge is 0.307 e. The third kappa shape index (κ3) is 2.59. The van der Waals surface area contributed by atoms with Crippen molar-refractivity contribution in [2.75, 3.05) is 0 Å². The molecule has 1 fully saturated rings. The van der Waals surface area contributed by atoms with Gasteiger partial charge in [-0.25, -0.2) is 0 Å². The highest BCUT2D eigenvalue weighted by atomic mass is 32.2. The van der Waals surface area contributed by atoms with Crippen LogP contribution >= 0.6 is 11.8 Å². The first-order valence-electron chi connectivity index (χ1n) is 5.32. The molecule has 3 nitrogen and oxygen atoms in total. The number of hydrogen-bond donors (Lipinski definition) is 1. The van der Waals surface area contributed by atoms with Crippen molar-refractivity contribution >= 4 is 17.7 Å². The number of carboxylic acids is 1. The number of hydrogen-bond acceptors (Lipinski definition) is 3. The largest absolute Gasteiger partial charge is 0.481 e. The molecule has 0 aromatic rings. The molecule has 88 valence electrons. The van der Waals surface area contributed by atoms with Crippen molar-refractivity contribution < 1.29 is 9.90 Å². The van der Waals surface area contributed by atoms with Crippen molar-refractivity contribution in [1.29, 1.82) is 5.26 Å². The lowest BCUT2D eigenvalue weighted by Gasteiger charge is -2.02. The molecule has 0 saturated heterocycles. The highest BCUT2D eigenvalue weighted by molar-refractivity contribution is 8.03. The number of allylic oxidation sites excluding steroid dienone is 2. The summed E-state index contributed by atoms with van der Waals surface area (Å²) in [6, 6.07) is 2.13. The minimum Gasteiger partial charge on any atom is -0.481 e. The Balaban J connectivity index is 2.78. The summed E-state index contributed by atoms with van der Waals surface area (Å²) in [5.74, 6) is -1.12. The van der Waals surface area contributed by atoms with Gasteiger partial charge in [0.25, 0.3) is 0 Å². The summed E-state index contributed by atoms with van der Waals surface area (Å²) in [7, 11) is 0. The molecule has 1 rings (SSSR count). The SMILES string of the molecule is CC(C)SC(C#N)=C[C@H]1[C@H](C(=O)O)C1(C)C. The van der Waals surface area contributed by atoms with Crippen LogP contribution in [-0.2, 0) is 4.79 Å². The number of rotatable bonds is 4. The molecular formula is C12H17NO2S. The van der Waals surface area contributed by atoms with Gasteiger partial charge < -0.3 is 5.11 Å². The van der Waals surface area contributed by atoms with E-state index in [-0.39, 0.29) is 17.3 Å². The van der Waals surface area contributed by atoms with Gasteiger partial charge in [-0.15, -0.1) is 11.8 Å². The summed E-state index contributed by atoms with van der Waals surface area (Å²) in [6.07, 6.45) is 1.82. The molecule has 0 bridgehead atoms. The third-order valence-electron chi connectivity index (χ3n) is 2.98. The van der Waals surface area contributed by atoms with Gasteiger partial charge >= 0.3 is 5.97 Å². The number of aliphatic carboxylic acids is 1. The van der Waals surface area contributed by atoms with Gasteiger partial charge in [0, 0.05) is 5.25 Å². The van der Waals surface area contributed by atoms with Gasteiger partial charge in [0.05, 0.1) is 10.8 Å². The Kier molecular flexibility index (Phi) is 3.69. The Morgan fingerprint density at radius 3 is 2.44 bits per heavy atom. The second-order valence-electron chi connectivity index (χ2n) is 4.97. The predicted octanol–water partition coefficient (Wildman–Crippen LogP) is 2.89. The molecule has 0 aromatic carbocycles. The van der Waals surface area contributed by atoms with Crippen LogP contribution in [0.5, 0.6) is 0 Å². The molecule has 0 radical (unpaired) electrons. The third-order valence-corrected chi connectivity index (χ3v) is 3.93. The Labute approximate surface area is 101 Å². The first kappa shape index (κ1) is 13.1. The molecule has 1 N–H and O–H groups in total. The summed E-state index contributed by atoms with van der Waals surface area (Å²) < 4.78 is 0. The van der Waals surface area contributed by atoms with Gasteiger partial charge in [-0.05, 0) is 11.3 Å². The van der Waals surface area contributed by atoms with E-state index in [4.69, 9.17) is 10.4 Å². The molecule has 0 unspecified atom stereocenters. The van der Waals surface area contributed by atoms with Gasteiger partial charge in [0.2, 0.25) is 0 Å². The highest BCUT2D eigenvalue weighted by Gasteiger charge is 2.61. The molecule has 1 aliphatic carbocycles. The fourth-order valence-corrected chi connectivity index (χ4v) is 2.77. The van der Waals surface area contributed by atoms with Crippen molar-refractivity contribution in [3.8, 4) is 6.07 Å². The minimum atomic E-state index is -0.766. The standard InChI is InChI=1S/C12H17NO2S/c1-7(2)16-8(6-13)5-9-10(11(14)15)12(9,3)4/h5,7,9-10H,1-4H3,(H,14,15)/t9-,10+/m0/s1. The number of thioether (sulfide) groups is 1. The van der Waals surface area contributed by atoms with Gasteiger partial charge in [0.15, 0.2) is 0 Å². The summed E-state index contributed by atoms with van der Waals surface area (Å²) >= 11 is 1.49. The van der Waals surface area contributed by atoms with E-state index >= 15 is 0 Å². The maximum absolute atomic E-state index is 11.0. The van der Waals surface area contributed by atoms with Gasteiger partial charge in [-0.1, -0.05) is 33.8 Å². The normalized spacial score (nSPS) is 27.6. The summed E-state index contributed by atoms with van der Waals surface area (Å²) in [6.45, 7) is 7.90. The van der Waals surface area contributed by atoms with E-state index in [0.29, 0.717) is 10.2 Å². The second kappa shape index (κ2) is 4.50. The van der Waals surface area contributed by atoms with Gasteiger partial charge in [0.1, 0.15) is 6.07 Å². The van der Waals surface area contributed by atoms with Crippen molar-refractivity contribution in [3.63, 3.8) is 0 Å². The van der Waals surface area contributed by atoms with Crippen LogP contribution in [0, 0.1) is 28.6 Å². The monoisotopic (exact) mass is 239 g/mol. The quantitative estimate of drug-likeness (QED) is 0.766. The molecule has 0 spiro atoms. The van der Waals surface area contributed by atoms with E-state index in [1.165, 1.54) is 11.8 Å². The van der Waals surface area contributed by atoms with Crippen molar-refractivity contribution in [1.82, 2.24) is 0 Å². The maximum atomic E-state index is 11.0. The van der Waals surface area contributed by atoms with Crippen LogP contribution in [0.4, 0.5) is 0 Å². The van der Waals surface area contributed by atoms with E-state index in [1.54, 1.807) is 0 Å². The van der Waals surface area contributed by atoms with Gasteiger partial charge in [-0.3, -0.25) is 4.79 Å². The van der Waals surface area contributed by atoms with Crippen LogP contribution in [0.2, 0.25) is 0 Å². The molecule has 0 heterocycles. The molecule has 0 aliphatic heterocycles. The first-order chi connectivity index (χ1) is 7.30. The van der Waals surface area contributed by atoms with E-state index in [1.807, 2.05) is 33.8 Å². The summed E-state index contributed by atoms with van der Waals surface area (Å²) in [5, 5.41) is 18.3. The summed E-state index contributed by atoms with van der Waals surface area (Å²) in [4.78, 5) is 11.6. The molecule has 2 atom stereocenters. The fourth-order valence-electron chi connectivity index (χ4n) is 1.98. The van der Waals surface area contributed by atoms with E-state index < -0.39 is 5.97 Å². The minimum absolute atomic E-state index is 0.00843. The number of carbonyl (C=O) groups is 1. The van der Waals surface area contributed by atoms with E-state index in [0.717, 1.165) is 0 Å². The predicted molar refractivity (Wildman–Crippen MR) is 64.8 cm³/mol. The van der Waals surface area contributed by atoms with E-state index in [2.05, 4.69) is 6.07 Å². The lowest BCUT2D eigenvalue weighted by molar-refractivity contribution is -0.139. The molecule has 0 aromatic heterocycles. The fraction of sp³-hybridized carbons (Fsp3) is 0.667. The van der Waals surface area contributed by atoms with Crippen LogP contribution in [0.1, 0.15) is 27.7 Å². The van der Waals surface area contributed by atoms with Crippen molar-refractivity contribution in [3.05, 3.63) is 11.0 Å². The lowest BCUT2D eigenvalue weighted by Crippen LogP contribution is -2.03. The summed E-state index contributed by atoms with van der Waals surface area (Å²) in [5.41, 5.74) is -0.217. The molecular weight excluding hydrogens is 222 g/mol. The molecule has 4 heteroatoms. The maximum Gasteiger partial charge on any atom is 0.307 e. The number of carboxylic acid groups (broad SMARTS) is 1. The Morgan fingerprint density at radius 1 is 1.56 bits per heavy atom. The Hall–Kier alpha value is -0.950. The van der Waals surface area contributed by atoms with Crippen LogP contribution in [-0.4, -0.2) is 16.3 Å². The molecule has 1 saturated carbocycles. The van der Waals surface area contributed by atoms with Crippen LogP contribution in [0.15, 0.2) is 11.0 Å². The number of nitriles is 1. The number of nitrogens with zero attached hydrogens (tertiary/aromatic N) is 1. The zero-order valence-corrected chi connectivity index (χ0v) is 10.8. The van der Waals surface area contributed by atoms with Crippen LogP contribution < -0.4 is 0 Å². The zero-order chi connectivity index (χ0) is 12.5. The van der Waals surface area contributed by atoms with Crippen molar-refractivity contribution in [2.24, 2.45) is 17.3 Å². The molecule has 1 aliphatic rings.